The van der Waals surface area contributed by atoms with E-state index in [1.807, 2.05) is 67.4 Å². The number of nitrogens with zero attached hydrogens (tertiary/aromatic N) is 2. The fourth-order valence-electron chi connectivity index (χ4n) is 3.43. The Morgan fingerprint density at radius 2 is 1.93 bits per heavy atom. The Hall–Kier alpha value is -2.63. The van der Waals surface area contributed by atoms with Gasteiger partial charge in [-0.3, -0.25) is 4.79 Å². The van der Waals surface area contributed by atoms with Gasteiger partial charge in [-0.2, -0.15) is 0 Å². The average molecular weight is 398 g/mol. The molecule has 1 saturated heterocycles. The summed E-state index contributed by atoms with van der Waals surface area (Å²) in [5.74, 6) is 1.16. The van der Waals surface area contributed by atoms with Crippen molar-refractivity contribution in [3.63, 3.8) is 0 Å². The van der Waals surface area contributed by atoms with Gasteiger partial charge < -0.3 is 14.6 Å². The van der Waals surface area contributed by atoms with Crippen LogP contribution in [0.3, 0.4) is 0 Å². The number of amides is 1. The van der Waals surface area contributed by atoms with E-state index in [0.717, 1.165) is 30.6 Å². The molecule has 0 bridgehead atoms. The third kappa shape index (κ3) is 3.96. The maximum atomic E-state index is 13.1. The monoisotopic (exact) mass is 397 g/mol. The summed E-state index contributed by atoms with van der Waals surface area (Å²) < 4.78 is 6.00. The van der Waals surface area contributed by atoms with Crippen LogP contribution in [0.1, 0.15) is 22.3 Å². The maximum absolute atomic E-state index is 13.1. The molecule has 2 heterocycles. The van der Waals surface area contributed by atoms with Gasteiger partial charge in [0.1, 0.15) is 0 Å². The molecule has 3 aromatic rings. The Balaban J connectivity index is 0.00000225. The lowest BCUT2D eigenvalue weighted by Crippen LogP contribution is -2.38. The summed E-state index contributed by atoms with van der Waals surface area (Å²) in [4.78, 5) is 19.3. The fourth-order valence-corrected chi connectivity index (χ4v) is 3.43. The third-order valence-corrected chi connectivity index (χ3v) is 5.13. The van der Waals surface area contributed by atoms with Crippen molar-refractivity contribution in [2.75, 3.05) is 20.1 Å². The molecule has 1 aliphatic heterocycles. The van der Waals surface area contributed by atoms with Gasteiger partial charge in [0, 0.05) is 30.8 Å². The van der Waals surface area contributed by atoms with Gasteiger partial charge in [-0.15, -0.1) is 12.4 Å². The first kappa shape index (κ1) is 20.1. The molecule has 1 fully saturated rings. The van der Waals surface area contributed by atoms with Gasteiger partial charge in [0.05, 0.1) is 11.8 Å². The predicted octanol–water partition coefficient (Wildman–Crippen LogP) is 4.17. The topological polar surface area (TPSA) is 58.4 Å². The summed E-state index contributed by atoms with van der Waals surface area (Å²) in [6.07, 6.45) is 2.69. The van der Waals surface area contributed by atoms with Crippen LogP contribution >= 0.6 is 12.4 Å². The molecule has 1 atom stereocenters. The van der Waals surface area contributed by atoms with Crippen molar-refractivity contribution in [3.05, 3.63) is 65.9 Å². The Morgan fingerprint density at radius 1 is 1.18 bits per heavy atom. The van der Waals surface area contributed by atoms with Gasteiger partial charge in [0.25, 0.3) is 5.91 Å². The number of hydrogen-bond donors (Lipinski definition) is 1. The number of carbonyl (C=O) groups excluding carboxylic acids is 1. The number of nitrogens with one attached hydrogen (secondary N) is 1. The lowest BCUT2D eigenvalue weighted by Gasteiger charge is -2.24. The summed E-state index contributed by atoms with van der Waals surface area (Å²) in [6.45, 7) is 3.83. The first-order chi connectivity index (χ1) is 13.1. The Labute approximate surface area is 171 Å². The molecule has 0 spiro atoms. The van der Waals surface area contributed by atoms with Gasteiger partial charge in [-0.05, 0) is 32.0 Å². The van der Waals surface area contributed by atoms with Crippen LogP contribution in [0, 0.1) is 6.92 Å². The number of rotatable bonds is 4. The van der Waals surface area contributed by atoms with Crippen LogP contribution in [-0.2, 0) is 0 Å². The number of oxazole rings is 1. The molecule has 1 aliphatic rings. The number of likely N-dealkylation sites (N-methyl/N-ethyl adjacent to an activating group) is 1. The van der Waals surface area contributed by atoms with Crippen molar-refractivity contribution in [1.82, 2.24) is 15.2 Å². The minimum Gasteiger partial charge on any atom is -0.436 e. The molecule has 1 amide bonds. The Bertz CT molecular complexity index is 946. The Kier molecular flexibility index (Phi) is 6.17. The van der Waals surface area contributed by atoms with E-state index in [1.54, 1.807) is 6.20 Å². The van der Waals surface area contributed by atoms with Crippen LogP contribution in [0.25, 0.3) is 22.8 Å². The van der Waals surface area contributed by atoms with Crippen LogP contribution in [0.5, 0.6) is 0 Å². The van der Waals surface area contributed by atoms with Crippen LogP contribution in [0.4, 0.5) is 0 Å². The van der Waals surface area contributed by atoms with E-state index in [2.05, 4.69) is 10.3 Å². The zero-order chi connectivity index (χ0) is 18.8. The van der Waals surface area contributed by atoms with Crippen LogP contribution < -0.4 is 5.32 Å². The highest BCUT2D eigenvalue weighted by molar-refractivity contribution is 6.00. The van der Waals surface area contributed by atoms with Crippen molar-refractivity contribution in [2.45, 2.75) is 19.4 Å². The molecule has 0 aliphatic carbocycles. The van der Waals surface area contributed by atoms with Crippen molar-refractivity contribution >= 4 is 18.3 Å². The van der Waals surface area contributed by atoms with Gasteiger partial charge in [0.15, 0.2) is 5.76 Å². The normalized spacial score (nSPS) is 15.9. The largest absolute Gasteiger partial charge is 0.436 e. The zero-order valence-corrected chi connectivity index (χ0v) is 16.8. The molecule has 1 unspecified atom stereocenters. The highest BCUT2D eigenvalue weighted by Crippen LogP contribution is 2.29. The van der Waals surface area contributed by atoms with E-state index in [0.29, 0.717) is 17.2 Å². The van der Waals surface area contributed by atoms with Gasteiger partial charge >= 0.3 is 0 Å². The molecule has 1 N–H and O–H groups in total. The number of halogens is 1. The van der Waals surface area contributed by atoms with Gasteiger partial charge in [-0.25, -0.2) is 4.98 Å². The highest BCUT2D eigenvalue weighted by Gasteiger charge is 2.26. The molecule has 4 rings (SSSR count). The molecule has 0 saturated carbocycles. The molecular weight excluding hydrogens is 374 g/mol. The second-order valence-electron chi connectivity index (χ2n) is 7.00. The number of aryl methyl sites for hydroxylation is 1. The molecular formula is C22H24ClN3O2. The summed E-state index contributed by atoms with van der Waals surface area (Å²) in [5, 5.41) is 3.31. The molecule has 28 heavy (non-hydrogen) atoms. The number of aromatic nitrogens is 1. The maximum Gasteiger partial charge on any atom is 0.254 e. The van der Waals surface area contributed by atoms with Crippen LogP contribution in [-0.4, -0.2) is 42.0 Å². The Morgan fingerprint density at radius 3 is 2.64 bits per heavy atom. The SMILES string of the molecule is Cc1ccc(-c2cnc(-c3ccccc3C(=O)N(C)C3CCNC3)o2)cc1.Cl. The van der Waals surface area contributed by atoms with E-state index < -0.39 is 0 Å². The minimum atomic E-state index is -0.00520. The summed E-state index contributed by atoms with van der Waals surface area (Å²) in [5.41, 5.74) is 3.50. The van der Waals surface area contributed by atoms with E-state index in [4.69, 9.17) is 4.42 Å². The van der Waals surface area contributed by atoms with Crippen LogP contribution in [0.2, 0.25) is 0 Å². The first-order valence-corrected chi connectivity index (χ1v) is 9.23. The van der Waals surface area contributed by atoms with E-state index in [9.17, 15) is 4.79 Å². The minimum absolute atomic E-state index is 0. The average Bonchev–Trinajstić information content (AvgIpc) is 3.40. The summed E-state index contributed by atoms with van der Waals surface area (Å²) >= 11 is 0. The molecule has 0 radical (unpaired) electrons. The lowest BCUT2D eigenvalue weighted by atomic mass is 10.1. The molecule has 6 heteroatoms. The zero-order valence-electron chi connectivity index (χ0n) is 16.0. The second-order valence-corrected chi connectivity index (χ2v) is 7.00. The van der Waals surface area contributed by atoms with Crippen LogP contribution in [0.15, 0.2) is 59.1 Å². The number of carbonyl (C=O) groups is 1. The molecule has 1 aromatic heterocycles. The van der Waals surface area contributed by atoms with Crippen molar-refractivity contribution in [1.29, 1.82) is 0 Å². The van der Waals surface area contributed by atoms with Gasteiger partial charge in [-0.1, -0.05) is 42.0 Å². The van der Waals surface area contributed by atoms with Gasteiger partial charge in [0.2, 0.25) is 5.89 Å². The summed E-state index contributed by atoms with van der Waals surface area (Å²) in [7, 11) is 1.87. The quantitative estimate of drug-likeness (QED) is 0.717. The third-order valence-electron chi connectivity index (χ3n) is 5.13. The smallest absolute Gasteiger partial charge is 0.254 e. The molecule has 5 nitrogen and oxygen atoms in total. The second kappa shape index (κ2) is 8.59. The standard InChI is InChI=1S/C22H23N3O2.ClH/c1-15-7-9-16(10-8-15)20-14-24-21(27-20)18-5-3-4-6-19(18)22(26)25(2)17-11-12-23-13-17;/h3-10,14,17,23H,11-13H2,1-2H3;1H. The molecule has 146 valence electrons. The van der Waals surface area contributed by atoms with E-state index in [-0.39, 0.29) is 24.4 Å². The summed E-state index contributed by atoms with van der Waals surface area (Å²) in [6, 6.07) is 15.8. The van der Waals surface area contributed by atoms with E-state index in [1.165, 1.54) is 5.56 Å². The lowest BCUT2D eigenvalue weighted by molar-refractivity contribution is 0.0744. The highest BCUT2D eigenvalue weighted by atomic mass is 35.5. The first-order valence-electron chi connectivity index (χ1n) is 9.23. The van der Waals surface area contributed by atoms with Crippen molar-refractivity contribution in [3.8, 4) is 22.8 Å². The predicted molar refractivity (Wildman–Crippen MR) is 113 cm³/mol. The van der Waals surface area contributed by atoms with Crippen molar-refractivity contribution < 1.29 is 9.21 Å². The van der Waals surface area contributed by atoms with E-state index >= 15 is 0 Å². The fraction of sp³-hybridized carbons (Fsp3) is 0.273. The number of benzene rings is 2. The molecule has 2 aromatic carbocycles. The number of hydrogen-bond acceptors (Lipinski definition) is 4. The van der Waals surface area contributed by atoms with Crippen molar-refractivity contribution in [2.24, 2.45) is 0 Å².